The molecule has 2 aromatic carbocycles. The summed E-state index contributed by atoms with van der Waals surface area (Å²) in [4.78, 5) is 13.0. The van der Waals surface area contributed by atoms with Gasteiger partial charge in [0, 0.05) is 29.0 Å². The van der Waals surface area contributed by atoms with Crippen LogP contribution in [0.25, 0.3) is 6.08 Å². The van der Waals surface area contributed by atoms with E-state index in [1.54, 1.807) is 12.1 Å². The molecule has 21 heavy (non-hydrogen) atoms. The minimum absolute atomic E-state index is 0.594. The van der Waals surface area contributed by atoms with Gasteiger partial charge in [-0.15, -0.1) is 0 Å². The largest absolute Gasteiger partial charge is 0.478 e. The van der Waals surface area contributed by atoms with Crippen molar-refractivity contribution < 1.29 is 9.90 Å². The van der Waals surface area contributed by atoms with Crippen LogP contribution in [0.4, 0.5) is 11.4 Å². The van der Waals surface area contributed by atoms with Crippen LogP contribution >= 0.6 is 11.6 Å². The molecule has 0 saturated carbocycles. The molecule has 1 aliphatic rings. The lowest BCUT2D eigenvalue weighted by Gasteiger charge is -2.22. The van der Waals surface area contributed by atoms with Crippen molar-refractivity contribution in [2.75, 3.05) is 11.4 Å². The molecular weight excluding hydrogens is 286 g/mol. The maximum Gasteiger partial charge on any atom is 0.328 e. The van der Waals surface area contributed by atoms with Crippen LogP contribution in [0, 0.1) is 0 Å². The summed E-state index contributed by atoms with van der Waals surface area (Å²) in [6, 6.07) is 13.8. The van der Waals surface area contributed by atoms with Crippen LogP contribution < -0.4 is 4.90 Å². The molecule has 1 N–H and O–H groups in total. The Kier molecular flexibility index (Phi) is 3.67. The summed E-state index contributed by atoms with van der Waals surface area (Å²) in [6.07, 6.45) is 3.71. The highest BCUT2D eigenvalue weighted by Gasteiger charge is 2.21. The quantitative estimate of drug-likeness (QED) is 0.866. The first-order valence-corrected chi connectivity index (χ1v) is 7.09. The standard InChI is InChI=1S/C17H14ClNO2/c18-14-6-7-16(13(11-14)5-8-17(20)21)19-10-9-12-3-1-2-4-15(12)19/h1-8,11H,9-10H2,(H,20,21)/b8-5+. The Hall–Kier alpha value is -2.26. The number of benzene rings is 2. The van der Waals surface area contributed by atoms with Crippen LogP contribution in [-0.2, 0) is 11.2 Å². The minimum Gasteiger partial charge on any atom is -0.478 e. The zero-order valence-corrected chi connectivity index (χ0v) is 12.0. The first kappa shape index (κ1) is 13.7. The van der Waals surface area contributed by atoms with E-state index < -0.39 is 5.97 Å². The Morgan fingerprint density at radius 2 is 2.00 bits per heavy atom. The van der Waals surface area contributed by atoms with Gasteiger partial charge in [0.25, 0.3) is 0 Å². The zero-order chi connectivity index (χ0) is 14.8. The van der Waals surface area contributed by atoms with Gasteiger partial charge in [-0.3, -0.25) is 0 Å². The van der Waals surface area contributed by atoms with Gasteiger partial charge in [-0.2, -0.15) is 0 Å². The third-order valence-corrected chi connectivity index (χ3v) is 3.81. The van der Waals surface area contributed by atoms with E-state index in [-0.39, 0.29) is 0 Å². The second-order valence-corrected chi connectivity index (χ2v) is 5.34. The highest BCUT2D eigenvalue weighted by Crippen LogP contribution is 2.37. The maximum atomic E-state index is 10.8. The number of hydrogen-bond donors (Lipinski definition) is 1. The molecule has 0 aromatic heterocycles. The summed E-state index contributed by atoms with van der Waals surface area (Å²) in [5, 5.41) is 9.42. The monoisotopic (exact) mass is 299 g/mol. The van der Waals surface area contributed by atoms with E-state index in [4.69, 9.17) is 16.7 Å². The summed E-state index contributed by atoms with van der Waals surface area (Å²) in [5.41, 5.74) is 4.26. The predicted octanol–water partition coefficient (Wildman–Crippen LogP) is 4.13. The number of nitrogens with zero attached hydrogens (tertiary/aromatic N) is 1. The molecule has 3 nitrogen and oxygen atoms in total. The minimum atomic E-state index is -0.970. The molecule has 0 saturated heterocycles. The Morgan fingerprint density at radius 3 is 2.81 bits per heavy atom. The van der Waals surface area contributed by atoms with Gasteiger partial charge in [-0.1, -0.05) is 29.8 Å². The molecule has 4 heteroatoms. The molecule has 1 heterocycles. The molecule has 0 radical (unpaired) electrons. The molecule has 3 rings (SSSR count). The molecule has 0 bridgehead atoms. The third-order valence-electron chi connectivity index (χ3n) is 3.57. The van der Waals surface area contributed by atoms with Gasteiger partial charge >= 0.3 is 5.97 Å². The van der Waals surface area contributed by atoms with Gasteiger partial charge in [-0.05, 0) is 47.9 Å². The van der Waals surface area contributed by atoms with Crippen LogP contribution in [0.1, 0.15) is 11.1 Å². The summed E-state index contributed by atoms with van der Waals surface area (Å²) in [6.45, 7) is 0.884. The van der Waals surface area contributed by atoms with Crippen LogP contribution in [0.5, 0.6) is 0 Å². The lowest BCUT2D eigenvalue weighted by atomic mass is 10.1. The normalized spacial score (nSPS) is 13.7. The molecule has 0 spiro atoms. The van der Waals surface area contributed by atoms with Crippen LogP contribution in [-0.4, -0.2) is 17.6 Å². The van der Waals surface area contributed by atoms with Gasteiger partial charge in [0.05, 0.1) is 0 Å². The number of hydrogen-bond acceptors (Lipinski definition) is 2. The molecule has 0 amide bonds. The lowest BCUT2D eigenvalue weighted by molar-refractivity contribution is -0.131. The average Bonchev–Trinajstić information content (AvgIpc) is 2.89. The molecule has 106 valence electrons. The summed E-state index contributed by atoms with van der Waals surface area (Å²) < 4.78 is 0. The van der Waals surface area contributed by atoms with Crippen LogP contribution in [0.15, 0.2) is 48.5 Å². The number of anilines is 2. The number of carbonyl (C=O) groups is 1. The van der Waals surface area contributed by atoms with Crippen molar-refractivity contribution >= 4 is 35.0 Å². The topological polar surface area (TPSA) is 40.5 Å². The summed E-state index contributed by atoms with van der Waals surface area (Å²) >= 11 is 6.04. The van der Waals surface area contributed by atoms with E-state index in [0.717, 1.165) is 30.3 Å². The van der Waals surface area contributed by atoms with Crippen molar-refractivity contribution in [3.8, 4) is 0 Å². The van der Waals surface area contributed by atoms with E-state index in [1.807, 2.05) is 24.3 Å². The molecule has 2 aromatic rings. The number of rotatable bonds is 3. The fraction of sp³-hybridized carbons (Fsp3) is 0.118. The van der Waals surface area contributed by atoms with Crippen molar-refractivity contribution in [1.82, 2.24) is 0 Å². The van der Waals surface area contributed by atoms with Crippen molar-refractivity contribution in [2.45, 2.75) is 6.42 Å². The summed E-state index contributed by atoms with van der Waals surface area (Å²) in [5.74, 6) is -0.970. The van der Waals surface area contributed by atoms with E-state index in [9.17, 15) is 4.79 Å². The van der Waals surface area contributed by atoms with Gasteiger partial charge in [0.1, 0.15) is 0 Å². The zero-order valence-electron chi connectivity index (χ0n) is 11.3. The smallest absolute Gasteiger partial charge is 0.328 e. The second kappa shape index (κ2) is 5.62. The molecule has 1 aliphatic heterocycles. The Balaban J connectivity index is 2.05. The highest BCUT2D eigenvalue weighted by atomic mass is 35.5. The molecule has 0 fully saturated rings. The van der Waals surface area contributed by atoms with Gasteiger partial charge in [-0.25, -0.2) is 4.79 Å². The predicted molar refractivity (Wildman–Crippen MR) is 85.3 cm³/mol. The summed E-state index contributed by atoms with van der Waals surface area (Å²) in [7, 11) is 0. The Morgan fingerprint density at radius 1 is 1.19 bits per heavy atom. The third kappa shape index (κ3) is 2.78. The molecular formula is C17H14ClNO2. The first-order chi connectivity index (χ1) is 10.1. The Bertz CT molecular complexity index is 724. The number of carboxylic acids is 1. The van der Waals surface area contributed by atoms with Crippen LogP contribution in [0.3, 0.4) is 0 Å². The van der Waals surface area contributed by atoms with Gasteiger partial charge < -0.3 is 10.0 Å². The van der Waals surface area contributed by atoms with Gasteiger partial charge in [0.15, 0.2) is 0 Å². The van der Waals surface area contributed by atoms with Crippen LogP contribution in [0.2, 0.25) is 5.02 Å². The van der Waals surface area contributed by atoms with Crippen molar-refractivity contribution in [3.63, 3.8) is 0 Å². The highest BCUT2D eigenvalue weighted by molar-refractivity contribution is 6.30. The maximum absolute atomic E-state index is 10.8. The lowest BCUT2D eigenvalue weighted by Crippen LogP contribution is -2.14. The molecule has 0 unspecified atom stereocenters. The van der Waals surface area contributed by atoms with Crippen molar-refractivity contribution in [2.24, 2.45) is 0 Å². The van der Waals surface area contributed by atoms with E-state index in [0.29, 0.717) is 5.02 Å². The van der Waals surface area contributed by atoms with Crippen molar-refractivity contribution in [3.05, 3.63) is 64.7 Å². The number of carboxylic acid groups (broad SMARTS) is 1. The van der Waals surface area contributed by atoms with E-state index in [2.05, 4.69) is 17.0 Å². The van der Waals surface area contributed by atoms with Crippen molar-refractivity contribution in [1.29, 1.82) is 0 Å². The van der Waals surface area contributed by atoms with Gasteiger partial charge in [0.2, 0.25) is 0 Å². The fourth-order valence-corrected chi connectivity index (χ4v) is 2.83. The SMILES string of the molecule is O=C(O)/C=C/c1cc(Cl)ccc1N1CCc2ccccc21. The average molecular weight is 300 g/mol. The first-order valence-electron chi connectivity index (χ1n) is 6.71. The Labute approximate surface area is 128 Å². The number of para-hydroxylation sites is 1. The fourth-order valence-electron chi connectivity index (χ4n) is 2.65. The van der Waals surface area contributed by atoms with E-state index >= 15 is 0 Å². The molecule has 0 atom stereocenters. The second-order valence-electron chi connectivity index (χ2n) is 4.91. The molecule has 0 aliphatic carbocycles. The number of fused-ring (bicyclic) bond motifs is 1. The number of aliphatic carboxylic acids is 1. The number of halogens is 1. The van der Waals surface area contributed by atoms with E-state index in [1.165, 1.54) is 11.3 Å².